The molecule has 2 aromatic rings. The van der Waals surface area contributed by atoms with E-state index in [0.717, 1.165) is 16.8 Å². The molecule has 0 aliphatic heterocycles. The maximum absolute atomic E-state index is 10.5. The Kier molecular flexibility index (Phi) is 2.76. The van der Waals surface area contributed by atoms with E-state index in [2.05, 4.69) is 10.2 Å². The van der Waals surface area contributed by atoms with E-state index < -0.39 is 5.97 Å². The number of carbonyl (C=O) groups is 1. The zero-order chi connectivity index (χ0) is 11.5. The second-order valence-corrected chi connectivity index (χ2v) is 3.73. The first kappa shape index (κ1) is 10.5. The molecule has 0 radical (unpaired) electrons. The number of aryl methyl sites for hydroxylation is 2. The molecule has 0 fully saturated rings. The summed E-state index contributed by atoms with van der Waals surface area (Å²) in [5.74, 6) is -0.791. The number of aliphatic carboxylic acids is 1. The van der Waals surface area contributed by atoms with Crippen molar-refractivity contribution in [3.63, 3.8) is 0 Å². The molecule has 0 bridgehead atoms. The van der Waals surface area contributed by atoms with Gasteiger partial charge in [-0.25, -0.2) is 0 Å². The number of aromatic nitrogens is 3. The Bertz CT molecular complexity index is 499. The summed E-state index contributed by atoms with van der Waals surface area (Å²) in [5, 5.41) is 15.5. The van der Waals surface area contributed by atoms with Crippen LogP contribution in [-0.4, -0.2) is 25.8 Å². The molecule has 0 saturated carbocycles. The summed E-state index contributed by atoms with van der Waals surface area (Å²) in [6.07, 6.45) is 6.22. The Morgan fingerprint density at radius 2 is 2.44 bits per heavy atom. The van der Waals surface area contributed by atoms with Crippen molar-refractivity contribution in [2.45, 2.75) is 12.8 Å². The number of nitrogens with one attached hydrogen (secondary N) is 1. The van der Waals surface area contributed by atoms with Crippen LogP contribution in [0, 0.1) is 0 Å². The Balaban J connectivity index is 2.22. The molecule has 0 aliphatic rings. The van der Waals surface area contributed by atoms with Gasteiger partial charge in [0.25, 0.3) is 0 Å². The van der Waals surface area contributed by atoms with Gasteiger partial charge in [-0.3, -0.25) is 9.89 Å². The van der Waals surface area contributed by atoms with Gasteiger partial charge in [0.05, 0.1) is 11.9 Å². The Morgan fingerprint density at radius 1 is 1.62 bits per heavy atom. The van der Waals surface area contributed by atoms with Crippen LogP contribution in [0.4, 0.5) is 0 Å². The minimum Gasteiger partial charge on any atom is -0.481 e. The lowest BCUT2D eigenvalue weighted by Gasteiger charge is -1.98. The molecule has 2 heterocycles. The first-order valence-corrected chi connectivity index (χ1v) is 5.03. The molecule has 84 valence electrons. The van der Waals surface area contributed by atoms with Crippen molar-refractivity contribution in [3.8, 4) is 11.3 Å². The summed E-state index contributed by atoms with van der Waals surface area (Å²) in [4.78, 5) is 10.5. The molecule has 0 aliphatic carbocycles. The molecule has 16 heavy (non-hydrogen) atoms. The van der Waals surface area contributed by atoms with Crippen LogP contribution in [0.1, 0.15) is 12.0 Å². The third-order valence-electron chi connectivity index (χ3n) is 2.45. The van der Waals surface area contributed by atoms with Crippen LogP contribution in [0.5, 0.6) is 0 Å². The standard InChI is InChI=1S/C11H13N3O2/c1-14-5-4-9(7-14)11-8(6-12-13-11)2-3-10(15)16/h4-7H,2-3H2,1H3,(H,12,13)(H,15,16). The smallest absolute Gasteiger partial charge is 0.303 e. The summed E-state index contributed by atoms with van der Waals surface area (Å²) < 4.78 is 1.94. The topological polar surface area (TPSA) is 70.9 Å². The molecule has 0 atom stereocenters. The predicted molar refractivity (Wildman–Crippen MR) is 59.0 cm³/mol. The number of rotatable bonds is 4. The van der Waals surface area contributed by atoms with Crippen LogP contribution in [0.15, 0.2) is 24.7 Å². The number of nitrogens with zero attached hydrogens (tertiary/aromatic N) is 2. The molecule has 0 spiro atoms. The third-order valence-corrected chi connectivity index (χ3v) is 2.45. The van der Waals surface area contributed by atoms with Gasteiger partial charge in [0.1, 0.15) is 0 Å². The zero-order valence-electron chi connectivity index (χ0n) is 8.97. The third kappa shape index (κ3) is 2.13. The summed E-state index contributed by atoms with van der Waals surface area (Å²) >= 11 is 0. The molecule has 5 heteroatoms. The predicted octanol–water partition coefficient (Wildman–Crippen LogP) is 1.43. The van der Waals surface area contributed by atoms with E-state index in [1.165, 1.54) is 0 Å². The van der Waals surface area contributed by atoms with Gasteiger partial charge in [0.2, 0.25) is 0 Å². The largest absolute Gasteiger partial charge is 0.481 e. The number of H-pyrrole nitrogens is 1. The summed E-state index contributed by atoms with van der Waals surface area (Å²) in [6, 6.07) is 1.97. The fourth-order valence-corrected chi connectivity index (χ4v) is 1.64. The normalized spacial score (nSPS) is 10.6. The first-order valence-electron chi connectivity index (χ1n) is 5.03. The first-order chi connectivity index (χ1) is 7.66. The summed E-state index contributed by atoms with van der Waals surface area (Å²) in [7, 11) is 1.94. The maximum Gasteiger partial charge on any atom is 0.303 e. The lowest BCUT2D eigenvalue weighted by molar-refractivity contribution is -0.136. The lowest BCUT2D eigenvalue weighted by atomic mass is 10.1. The van der Waals surface area contributed by atoms with E-state index in [-0.39, 0.29) is 6.42 Å². The Hall–Kier alpha value is -2.04. The molecular formula is C11H13N3O2. The minimum absolute atomic E-state index is 0.124. The molecule has 5 nitrogen and oxygen atoms in total. The van der Waals surface area contributed by atoms with Crippen LogP contribution in [-0.2, 0) is 18.3 Å². The number of carboxylic acid groups (broad SMARTS) is 1. The van der Waals surface area contributed by atoms with Crippen LogP contribution in [0.3, 0.4) is 0 Å². The van der Waals surface area contributed by atoms with Gasteiger partial charge in [-0.2, -0.15) is 5.10 Å². The molecule has 0 amide bonds. The molecule has 2 rings (SSSR count). The summed E-state index contributed by atoms with van der Waals surface area (Å²) in [5.41, 5.74) is 2.87. The van der Waals surface area contributed by atoms with Crippen LogP contribution in [0.2, 0.25) is 0 Å². The highest BCUT2D eigenvalue weighted by Gasteiger charge is 2.09. The van der Waals surface area contributed by atoms with E-state index in [9.17, 15) is 4.79 Å². The monoisotopic (exact) mass is 219 g/mol. The fourth-order valence-electron chi connectivity index (χ4n) is 1.64. The SMILES string of the molecule is Cn1ccc(-c2[nH]ncc2CCC(=O)O)c1. The van der Waals surface area contributed by atoms with E-state index >= 15 is 0 Å². The molecule has 0 saturated heterocycles. The maximum atomic E-state index is 10.5. The van der Waals surface area contributed by atoms with Gasteiger partial charge in [-0.05, 0) is 18.1 Å². The summed E-state index contributed by atoms with van der Waals surface area (Å²) in [6.45, 7) is 0. The number of carboxylic acids is 1. The van der Waals surface area contributed by atoms with E-state index in [1.807, 2.05) is 30.1 Å². The fraction of sp³-hybridized carbons (Fsp3) is 0.273. The van der Waals surface area contributed by atoms with Crippen LogP contribution < -0.4 is 0 Å². The highest BCUT2D eigenvalue weighted by atomic mass is 16.4. The minimum atomic E-state index is -0.791. The average molecular weight is 219 g/mol. The van der Waals surface area contributed by atoms with Crippen LogP contribution in [0.25, 0.3) is 11.3 Å². The highest BCUT2D eigenvalue weighted by Crippen LogP contribution is 2.22. The van der Waals surface area contributed by atoms with Crippen molar-refractivity contribution in [1.82, 2.24) is 14.8 Å². The Labute approximate surface area is 92.7 Å². The van der Waals surface area contributed by atoms with Crippen molar-refractivity contribution in [3.05, 3.63) is 30.2 Å². The second kappa shape index (κ2) is 4.22. The second-order valence-electron chi connectivity index (χ2n) is 3.73. The molecule has 2 N–H and O–H groups in total. The van der Waals surface area contributed by atoms with Crippen molar-refractivity contribution < 1.29 is 9.90 Å². The van der Waals surface area contributed by atoms with Gasteiger partial charge in [0.15, 0.2) is 0 Å². The molecule has 2 aromatic heterocycles. The number of hydrogen-bond acceptors (Lipinski definition) is 2. The molecular weight excluding hydrogens is 206 g/mol. The molecule has 0 unspecified atom stereocenters. The number of aromatic amines is 1. The van der Waals surface area contributed by atoms with Gasteiger partial charge < -0.3 is 9.67 Å². The van der Waals surface area contributed by atoms with Crippen LogP contribution >= 0.6 is 0 Å². The van der Waals surface area contributed by atoms with E-state index in [4.69, 9.17) is 5.11 Å². The number of hydrogen-bond donors (Lipinski definition) is 2. The van der Waals surface area contributed by atoms with Gasteiger partial charge in [-0.15, -0.1) is 0 Å². The van der Waals surface area contributed by atoms with Crippen molar-refractivity contribution in [1.29, 1.82) is 0 Å². The average Bonchev–Trinajstić information content (AvgIpc) is 2.82. The Morgan fingerprint density at radius 3 is 3.06 bits per heavy atom. The molecule has 0 aromatic carbocycles. The lowest BCUT2D eigenvalue weighted by Crippen LogP contribution is -1.97. The quantitative estimate of drug-likeness (QED) is 0.817. The van der Waals surface area contributed by atoms with Gasteiger partial charge in [0, 0.05) is 31.4 Å². The highest BCUT2D eigenvalue weighted by molar-refractivity contribution is 5.68. The van der Waals surface area contributed by atoms with Crippen molar-refractivity contribution >= 4 is 5.97 Å². The van der Waals surface area contributed by atoms with Crippen molar-refractivity contribution in [2.75, 3.05) is 0 Å². The van der Waals surface area contributed by atoms with Crippen molar-refractivity contribution in [2.24, 2.45) is 7.05 Å². The van der Waals surface area contributed by atoms with Gasteiger partial charge >= 0.3 is 5.97 Å². The van der Waals surface area contributed by atoms with E-state index in [1.54, 1.807) is 6.20 Å². The zero-order valence-corrected chi connectivity index (χ0v) is 8.97. The van der Waals surface area contributed by atoms with Gasteiger partial charge in [-0.1, -0.05) is 0 Å². The van der Waals surface area contributed by atoms with E-state index in [0.29, 0.717) is 6.42 Å².